The predicted molar refractivity (Wildman–Crippen MR) is 77.3 cm³/mol. The predicted octanol–water partition coefficient (Wildman–Crippen LogP) is 2.18. The monoisotopic (exact) mass is 356 g/mol. The zero-order valence-corrected chi connectivity index (χ0v) is 13.5. The third kappa shape index (κ3) is 3.90. The summed E-state index contributed by atoms with van der Waals surface area (Å²) in [6.07, 6.45) is 0.397. The van der Waals surface area contributed by atoms with E-state index in [1.165, 1.54) is 0 Å². The second-order valence-corrected chi connectivity index (χ2v) is 7.95. The van der Waals surface area contributed by atoms with Gasteiger partial charge in [-0.15, -0.1) is 11.3 Å². The molecule has 1 atom stereocenters. The first-order valence-electron chi connectivity index (χ1n) is 5.78. The fourth-order valence-corrected chi connectivity index (χ4v) is 4.97. The molecule has 0 fully saturated rings. The molecule has 0 radical (unpaired) electrons. The Morgan fingerprint density at radius 3 is 2.57 bits per heavy atom. The summed E-state index contributed by atoms with van der Waals surface area (Å²) in [4.78, 5) is 20.8. The number of rotatable bonds is 7. The number of halogens is 1. The fourth-order valence-electron chi connectivity index (χ4n) is 1.52. The normalized spacial score (nSPS) is 13.3. The van der Waals surface area contributed by atoms with Crippen molar-refractivity contribution in [3.8, 4) is 0 Å². The molecule has 1 heterocycles. The van der Waals surface area contributed by atoms with Crippen molar-refractivity contribution in [2.24, 2.45) is 0 Å². The summed E-state index contributed by atoms with van der Waals surface area (Å²) in [5.41, 5.74) is -0.514. The number of sulfonamides is 1. The Kier molecular flexibility index (Phi) is 5.68. The molecule has 0 aliphatic heterocycles. The van der Waals surface area contributed by atoms with Gasteiger partial charge in [-0.05, 0) is 13.3 Å². The third-order valence-electron chi connectivity index (χ3n) is 2.78. The van der Waals surface area contributed by atoms with Crippen LogP contribution in [0.25, 0.3) is 0 Å². The molecule has 11 heteroatoms. The Bertz CT molecular complexity index is 657. The van der Waals surface area contributed by atoms with E-state index in [1.807, 2.05) is 0 Å². The van der Waals surface area contributed by atoms with Gasteiger partial charge in [0.2, 0.25) is 0 Å². The number of nitro groups is 1. The number of aliphatic carboxylic acids is 1. The van der Waals surface area contributed by atoms with Gasteiger partial charge in [-0.1, -0.05) is 18.5 Å². The number of carboxylic acid groups (broad SMARTS) is 1. The number of hydrogen-bond donors (Lipinski definition) is 1. The summed E-state index contributed by atoms with van der Waals surface area (Å²) >= 11 is 6.18. The van der Waals surface area contributed by atoms with Crippen LogP contribution in [0.4, 0.5) is 5.69 Å². The zero-order valence-electron chi connectivity index (χ0n) is 11.1. The van der Waals surface area contributed by atoms with Crippen molar-refractivity contribution in [2.45, 2.75) is 30.5 Å². The summed E-state index contributed by atoms with van der Waals surface area (Å²) < 4.78 is 25.1. The average molecular weight is 357 g/mol. The highest BCUT2D eigenvalue weighted by Gasteiger charge is 2.34. The van der Waals surface area contributed by atoms with Crippen LogP contribution < -0.4 is 0 Å². The van der Waals surface area contributed by atoms with Gasteiger partial charge in [0.15, 0.2) is 4.34 Å². The van der Waals surface area contributed by atoms with Crippen LogP contribution in [0.2, 0.25) is 4.34 Å². The zero-order chi connectivity index (χ0) is 16.4. The molecule has 0 bridgehead atoms. The second kappa shape index (κ2) is 6.69. The lowest BCUT2D eigenvalue weighted by atomic mass is 10.2. The van der Waals surface area contributed by atoms with Crippen molar-refractivity contribution in [2.75, 3.05) is 6.54 Å². The van der Waals surface area contributed by atoms with Crippen molar-refractivity contribution in [3.05, 3.63) is 20.5 Å². The van der Waals surface area contributed by atoms with Crippen molar-refractivity contribution in [3.63, 3.8) is 0 Å². The Hall–Kier alpha value is -1.23. The van der Waals surface area contributed by atoms with Gasteiger partial charge < -0.3 is 5.11 Å². The van der Waals surface area contributed by atoms with E-state index in [1.54, 1.807) is 13.8 Å². The molecule has 0 amide bonds. The Morgan fingerprint density at radius 1 is 1.62 bits per heavy atom. The molecule has 0 aliphatic carbocycles. The van der Waals surface area contributed by atoms with Crippen molar-refractivity contribution in [1.29, 1.82) is 0 Å². The number of hydrogen-bond acceptors (Lipinski definition) is 6. The van der Waals surface area contributed by atoms with Gasteiger partial charge in [0, 0.05) is 12.1 Å². The van der Waals surface area contributed by atoms with Crippen LogP contribution in [0, 0.1) is 10.1 Å². The maximum atomic E-state index is 12.4. The highest BCUT2D eigenvalue weighted by Crippen LogP contribution is 2.37. The molecular formula is C10H13ClN2O6S2. The van der Waals surface area contributed by atoms with Gasteiger partial charge in [0.05, 0.1) is 4.92 Å². The Morgan fingerprint density at radius 2 is 2.19 bits per heavy atom. The van der Waals surface area contributed by atoms with Gasteiger partial charge in [-0.25, -0.2) is 8.42 Å². The molecule has 1 aromatic heterocycles. The minimum Gasteiger partial charge on any atom is -0.480 e. The van der Waals surface area contributed by atoms with E-state index >= 15 is 0 Å². The smallest absolute Gasteiger partial charge is 0.318 e. The molecule has 1 N–H and O–H groups in total. The van der Waals surface area contributed by atoms with E-state index in [0.29, 0.717) is 17.8 Å². The maximum absolute atomic E-state index is 12.4. The topological polar surface area (TPSA) is 118 Å². The lowest BCUT2D eigenvalue weighted by Gasteiger charge is -2.25. The van der Waals surface area contributed by atoms with Crippen LogP contribution >= 0.6 is 22.9 Å². The van der Waals surface area contributed by atoms with Crippen molar-refractivity contribution < 1.29 is 23.2 Å². The van der Waals surface area contributed by atoms with Crippen LogP contribution in [-0.4, -0.2) is 41.3 Å². The molecule has 118 valence electrons. The van der Waals surface area contributed by atoms with Crippen molar-refractivity contribution >= 4 is 44.6 Å². The highest BCUT2D eigenvalue weighted by molar-refractivity contribution is 7.91. The molecule has 1 aromatic rings. The van der Waals surface area contributed by atoms with E-state index in [4.69, 9.17) is 16.7 Å². The van der Waals surface area contributed by atoms with E-state index in [9.17, 15) is 23.3 Å². The summed E-state index contributed by atoms with van der Waals surface area (Å²) in [6.45, 7) is 2.55. The summed E-state index contributed by atoms with van der Waals surface area (Å²) in [7, 11) is -4.16. The molecule has 1 rings (SSSR count). The van der Waals surface area contributed by atoms with E-state index < -0.39 is 39.2 Å². The quantitative estimate of drug-likeness (QED) is 0.591. The van der Waals surface area contributed by atoms with Crippen LogP contribution in [0.3, 0.4) is 0 Å². The molecule has 0 aromatic carbocycles. The van der Waals surface area contributed by atoms with Crippen LogP contribution in [0.15, 0.2) is 10.3 Å². The molecule has 8 nitrogen and oxygen atoms in total. The molecule has 0 spiro atoms. The van der Waals surface area contributed by atoms with Crippen LogP contribution in [-0.2, 0) is 14.8 Å². The molecule has 0 saturated carbocycles. The minimum atomic E-state index is -4.16. The lowest BCUT2D eigenvalue weighted by molar-refractivity contribution is -0.384. The summed E-state index contributed by atoms with van der Waals surface area (Å²) in [5, 5.41) is 19.6. The third-order valence-corrected chi connectivity index (χ3v) is 6.53. The average Bonchev–Trinajstić information content (AvgIpc) is 2.77. The summed E-state index contributed by atoms with van der Waals surface area (Å²) in [6, 6.07) is 0.283. The van der Waals surface area contributed by atoms with Gasteiger partial charge in [-0.3, -0.25) is 14.9 Å². The SMILES string of the molecule is CCC(C)N(CC(=O)O)S(=O)(=O)c1cc([N+](=O)[O-])c(Cl)s1. The van der Waals surface area contributed by atoms with Gasteiger partial charge >= 0.3 is 5.97 Å². The number of carbonyl (C=O) groups is 1. The lowest BCUT2D eigenvalue weighted by Crippen LogP contribution is -2.41. The highest BCUT2D eigenvalue weighted by atomic mass is 35.5. The van der Waals surface area contributed by atoms with E-state index in [2.05, 4.69) is 0 Å². The van der Waals surface area contributed by atoms with Gasteiger partial charge in [0.25, 0.3) is 15.7 Å². The first kappa shape index (κ1) is 17.8. The molecule has 21 heavy (non-hydrogen) atoms. The second-order valence-electron chi connectivity index (χ2n) is 4.18. The molecule has 0 aliphatic rings. The fraction of sp³-hybridized carbons (Fsp3) is 0.500. The molecule has 0 saturated heterocycles. The van der Waals surface area contributed by atoms with E-state index in [0.717, 1.165) is 10.4 Å². The minimum absolute atomic E-state index is 0.266. The Labute approximate surface area is 130 Å². The molecule has 1 unspecified atom stereocenters. The van der Waals surface area contributed by atoms with E-state index in [-0.39, 0.29) is 8.55 Å². The maximum Gasteiger partial charge on any atom is 0.318 e. The number of carboxylic acids is 1. The van der Waals surface area contributed by atoms with Crippen molar-refractivity contribution in [1.82, 2.24) is 4.31 Å². The Balaban J connectivity index is 3.31. The van der Waals surface area contributed by atoms with Crippen LogP contribution in [0.5, 0.6) is 0 Å². The molecular weight excluding hydrogens is 344 g/mol. The first-order chi connectivity index (χ1) is 9.61. The first-order valence-corrected chi connectivity index (χ1v) is 8.42. The number of nitrogens with zero attached hydrogens (tertiary/aromatic N) is 2. The standard InChI is InChI=1S/C10H13ClN2O6S2/c1-3-6(2)12(5-8(14)15)21(18,19)9-4-7(13(16)17)10(11)20-9/h4,6H,3,5H2,1-2H3,(H,14,15). The van der Waals surface area contributed by atoms with Crippen LogP contribution in [0.1, 0.15) is 20.3 Å². The largest absolute Gasteiger partial charge is 0.480 e. The van der Waals surface area contributed by atoms with Gasteiger partial charge in [-0.2, -0.15) is 4.31 Å². The van der Waals surface area contributed by atoms with Gasteiger partial charge in [0.1, 0.15) is 10.8 Å². The number of thiophene rings is 1. The summed E-state index contributed by atoms with van der Waals surface area (Å²) in [5.74, 6) is -1.31.